The molecule has 0 saturated heterocycles. The van der Waals surface area contributed by atoms with Crippen LogP contribution in [0.25, 0.3) is 10.8 Å². The smallest absolute Gasteiger partial charge is 0.0346 e. The van der Waals surface area contributed by atoms with Crippen molar-refractivity contribution in [2.45, 2.75) is 0 Å². The van der Waals surface area contributed by atoms with Gasteiger partial charge in [-0.25, -0.2) is 0 Å². The molecule has 11 heavy (non-hydrogen) atoms. The van der Waals surface area contributed by atoms with Crippen LogP contribution in [0.5, 0.6) is 0 Å². The summed E-state index contributed by atoms with van der Waals surface area (Å²) in [6.07, 6.45) is 3.68. The fourth-order valence-corrected chi connectivity index (χ4v) is 1.03. The Labute approximate surface area is 85.6 Å². The number of nitrogens with zero attached hydrogens (tertiary/aromatic N) is 1. The quantitative estimate of drug-likeness (QED) is 0.661. The van der Waals surface area contributed by atoms with Gasteiger partial charge in [0.2, 0.25) is 0 Å². The van der Waals surface area contributed by atoms with Gasteiger partial charge >= 0.3 is 27.3 Å². The first kappa shape index (κ1) is 8.65. The van der Waals surface area contributed by atoms with Crippen LogP contribution < -0.4 is 0 Å². The summed E-state index contributed by atoms with van der Waals surface area (Å²) in [5.74, 6) is 0. The molecule has 0 aliphatic heterocycles. The minimum atomic E-state index is 0. The van der Waals surface area contributed by atoms with Crippen molar-refractivity contribution in [3.63, 3.8) is 0 Å². The van der Waals surface area contributed by atoms with Crippen LogP contribution in [0.4, 0.5) is 0 Å². The molecule has 2 radical (unpaired) electrons. The number of hydrogen-bond acceptors (Lipinski definition) is 1. The first-order valence-electron chi connectivity index (χ1n) is 3.25. The van der Waals surface area contributed by atoms with Gasteiger partial charge in [-0.3, -0.25) is 4.98 Å². The molecule has 0 atom stereocenters. The van der Waals surface area contributed by atoms with Gasteiger partial charge in [-0.1, -0.05) is 24.3 Å². The molecule has 0 N–H and O–H groups in total. The van der Waals surface area contributed by atoms with Crippen molar-refractivity contribution in [1.29, 1.82) is 0 Å². The summed E-state index contributed by atoms with van der Waals surface area (Å²) >= 11 is 0. The zero-order valence-corrected chi connectivity index (χ0v) is 11.7. The minimum Gasteiger partial charge on any atom is -0.264 e. The Morgan fingerprint density at radius 2 is 1.64 bits per heavy atom. The van der Waals surface area contributed by atoms with Crippen molar-refractivity contribution in [1.82, 2.24) is 4.98 Å². The van der Waals surface area contributed by atoms with Gasteiger partial charge in [0.15, 0.2) is 0 Å². The molecule has 54 valence electrons. The molecule has 0 aliphatic rings. The summed E-state index contributed by atoms with van der Waals surface area (Å²) in [5.41, 5.74) is 0. The Hall–Kier alpha value is -0.448. The van der Waals surface area contributed by atoms with E-state index < -0.39 is 0 Å². The number of hydrogen-bond donors (Lipinski definition) is 0. The predicted octanol–water partition coefficient (Wildman–Crippen LogP) is 1.32. The van der Waals surface area contributed by atoms with Gasteiger partial charge in [-0.2, -0.15) is 0 Å². The van der Waals surface area contributed by atoms with Crippen molar-refractivity contribution in [2.75, 3.05) is 0 Å². The number of rotatable bonds is 0. The van der Waals surface area contributed by atoms with Crippen molar-refractivity contribution in [2.24, 2.45) is 0 Å². The molecule has 1 aromatic heterocycles. The molecule has 2 heteroatoms. The van der Waals surface area contributed by atoms with Gasteiger partial charge in [-0.05, 0) is 16.8 Å². The third-order valence-corrected chi connectivity index (χ3v) is 1.55. The van der Waals surface area contributed by atoms with E-state index in [4.69, 9.17) is 0 Å². The molecule has 0 bridgehead atoms. The maximum atomic E-state index is 4.01. The van der Waals surface area contributed by atoms with Crippen LogP contribution in [0.15, 0.2) is 42.7 Å². The molecule has 0 spiro atoms. The normalized spacial score (nSPS) is 9.09. The molecule has 0 unspecified atom stereocenters. The second-order valence-corrected chi connectivity index (χ2v) is 2.22. The van der Waals surface area contributed by atoms with Crippen LogP contribution in [0, 0.1) is 0 Å². The van der Waals surface area contributed by atoms with Crippen LogP contribution in [-0.2, 0) is 0 Å². The van der Waals surface area contributed by atoms with Gasteiger partial charge in [-0.15, -0.1) is 0 Å². The first-order valence-corrected chi connectivity index (χ1v) is 3.25. The molecular weight excluding hydrogens is 329 g/mol. The zero-order valence-electron chi connectivity index (χ0n) is 6.20. The van der Waals surface area contributed by atoms with Crippen molar-refractivity contribution >= 4 is 38.1 Å². The molecule has 0 fully saturated rings. The van der Waals surface area contributed by atoms with E-state index in [1.807, 2.05) is 30.6 Å². The molecule has 0 amide bonds. The van der Waals surface area contributed by atoms with Gasteiger partial charge in [0.25, 0.3) is 0 Å². The molecular formula is C9H9NPb. The van der Waals surface area contributed by atoms with Crippen LogP contribution in [0.1, 0.15) is 0 Å². The Morgan fingerprint density at radius 3 is 2.36 bits per heavy atom. The Kier molecular flexibility index (Phi) is 2.99. The SMILES string of the molecule is [PbH2].c1ccc2cnccc2c1. The van der Waals surface area contributed by atoms with E-state index in [2.05, 4.69) is 17.1 Å². The zero-order chi connectivity index (χ0) is 6.81. The third kappa shape index (κ3) is 1.77. The van der Waals surface area contributed by atoms with E-state index in [0.29, 0.717) is 0 Å². The third-order valence-electron chi connectivity index (χ3n) is 1.55. The van der Waals surface area contributed by atoms with E-state index >= 15 is 0 Å². The average Bonchev–Trinajstić information content (AvgIpc) is 2.05. The van der Waals surface area contributed by atoms with Crippen LogP contribution in [-0.4, -0.2) is 32.3 Å². The topological polar surface area (TPSA) is 12.9 Å². The first-order chi connectivity index (χ1) is 4.97. The summed E-state index contributed by atoms with van der Waals surface area (Å²) in [7, 11) is 0. The maximum absolute atomic E-state index is 4.01. The average molecular weight is 338 g/mol. The molecule has 1 nitrogen and oxygen atoms in total. The summed E-state index contributed by atoms with van der Waals surface area (Å²) in [5, 5.41) is 2.45. The Morgan fingerprint density at radius 1 is 0.909 bits per heavy atom. The predicted molar refractivity (Wildman–Crippen MR) is 50.3 cm³/mol. The standard InChI is InChI=1S/C9H7N.Pb.2H/c1-2-4-9-7-10-6-5-8(9)3-1;;;/h1-7H;;;. The molecule has 0 saturated carbocycles. The molecule has 2 aromatic rings. The molecule has 1 aromatic carbocycles. The second kappa shape index (κ2) is 3.80. The van der Waals surface area contributed by atoms with Gasteiger partial charge in [0.1, 0.15) is 0 Å². The van der Waals surface area contributed by atoms with E-state index in [1.54, 1.807) is 0 Å². The minimum absolute atomic E-state index is 0. The molecule has 0 aliphatic carbocycles. The molecule has 1 heterocycles. The number of pyridine rings is 1. The van der Waals surface area contributed by atoms with Crippen LogP contribution in [0.2, 0.25) is 0 Å². The summed E-state index contributed by atoms with van der Waals surface area (Å²) in [4.78, 5) is 4.01. The maximum Gasteiger partial charge on any atom is 0.0346 e. The van der Waals surface area contributed by atoms with E-state index in [1.165, 1.54) is 10.8 Å². The Balaban J connectivity index is 0.000000605. The van der Waals surface area contributed by atoms with Crippen molar-refractivity contribution < 1.29 is 0 Å². The van der Waals surface area contributed by atoms with Crippen molar-refractivity contribution in [3.8, 4) is 0 Å². The summed E-state index contributed by atoms with van der Waals surface area (Å²) < 4.78 is 0. The van der Waals surface area contributed by atoms with E-state index in [9.17, 15) is 0 Å². The fraction of sp³-hybridized carbons (Fsp3) is 0. The van der Waals surface area contributed by atoms with E-state index in [-0.39, 0.29) is 27.3 Å². The van der Waals surface area contributed by atoms with Gasteiger partial charge < -0.3 is 0 Å². The van der Waals surface area contributed by atoms with Crippen LogP contribution in [0.3, 0.4) is 0 Å². The summed E-state index contributed by atoms with van der Waals surface area (Å²) in [6, 6.07) is 10.2. The fourth-order valence-electron chi connectivity index (χ4n) is 1.03. The monoisotopic (exact) mass is 339 g/mol. The van der Waals surface area contributed by atoms with Crippen molar-refractivity contribution in [3.05, 3.63) is 42.7 Å². The number of fused-ring (bicyclic) bond motifs is 1. The largest absolute Gasteiger partial charge is 0.264 e. The number of aromatic nitrogens is 1. The van der Waals surface area contributed by atoms with E-state index in [0.717, 1.165) is 0 Å². The number of benzene rings is 1. The molecule has 2 rings (SSSR count). The second-order valence-electron chi connectivity index (χ2n) is 2.22. The summed E-state index contributed by atoms with van der Waals surface area (Å²) in [6.45, 7) is 0. The van der Waals surface area contributed by atoms with Crippen LogP contribution >= 0.6 is 0 Å². The van der Waals surface area contributed by atoms with Gasteiger partial charge in [0, 0.05) is 12.4 Å². The van der Waals surface area contributed by atoms with Gasteiger partial charge in [0.05, 0.1) is 0 Å². The Bertz CT molecular complexity index is 281.